The van der Waals surface area contributed by atoms with Crippen molar-refractivity contribution in [2.24, 2.45) is 5.92 Å². The van der Waals surface area contributed by atoms with Gasteiger partial charge in [0.25, 0.3) is 0 Å². The van der Waals surface area contributed by atoms with Gasteiger partial charge in [-0.2, -0.15) is 0 Å². The molecule has 2 unspecified atom stereocenters. The smallest absolute Gasteiger partial charge is 0.121 e. The number of nitrogens with one attached hydrogen (secondary N) is 1. The first-order valence-electron chi connectivity index (χ1n) is 7.94. The van der Waals surface area contributed by atoms with Crippen molar-refractivity contribution < 1.29 is 4.74 Å². The third-order valence-corrected chi connectivity index (χ3v) is 4.02. The highest BCUT2D eigenvalue weighted by molar-refractivity contribution is 5.50. The summed E-state index contributed by atoms with van der Waals surface area (Å²) in [6.07, 6.45) is 2.42. The van der Waals surface area contributed by atoms with Crippen molar-refractivity contribution in [2.75, 3.05) is 31.1 Å². The lowest BCUT2D eigenvalue weighted by atomic mass is 10.0. The van der Waals surface area contributed by atoms with Gasteiger partial charge in [0.15, 0.2) is 0 Å². The molecule has 0 aliphatic carbocycles. The standard InChI is InChI=1S/C17H28N2O/c1-4-15-9-10-19(13-14(3)12-18-15)16-7-6-8-17(11-16)20-5-2/h6-8,11,14-15,18H,4-5,9-10,12-13H2,1-3H3. The second-order valence-electron chi connectivity index (χ2n) is 5.78. The van der Waals surface area contributed by atoms with Crippen molar-refractivity contribution in [3.05, 3.63) is 24.3 Å². The van der Waals surface area contributed by atoms with Crippen LogP contribution in [0.2, 0.25) is 0 Å². The zero-order valence-corrected chi connectivity index (χ0v) is 13.1. The molecular weight excluding hydrogens is 248 g/mol. The van der Waals surface area contributed by atoms with Gasteiger partial charge >= 0.3 is 0 Å². The molecule has 1 aliphatic heterocycles. The summed E-state index contributed by atoms with van der Waals surface area (Å²) in [5.41, 5.74) is 1.29. The predicted molar refractivity (Wildman–Crippen MR) is 85.7 cm³/mol. The van der Waals surface area contributed by atoms with E-state index in [1.165, 1.54) is 18.5 Å². The molecule has 0 bridgehead atoms. The van der Waals surface area contributed by atoms with Crippen LogP contribution >= 0.6 is 0 Å². The first-order chi connectivity index (χ1) is 9.72. The molecule has 0 amide bonds. The Morgan fingerprint density at radius 2 is 2.20 bits per heavy atom. The topological polar surface area (TPSA) is 24.5 Å². The largest absolute Gasteiger partial charge is 0.494 e. The average Bonchev–Trinajstić information content (AvgIpc) is 2.44. The van der Waals surface area contributed by atoms with E-state index in [1.807, 2.05) is 13.0 Å². The number of ether oxygens (including phenoxy) is 1. The van der Waals surface area contributed by atoms with Crippen molar-refractivity contribution in [1.29, 1.82) is 0 Å². The number of anilines is 1. The number of hydrogen-bond acceptors (Lipinski definition) is 3. The zero-order chi connectivity index (χ0) is 14.4. The average molecular weight is 276 g/mol. The van der Waals surface area contributed by atoms with Gasteiger partial charge in [-0.1, -0.05) is 19.9 Å². The summed E-state index contributed by atoms with van der Waals surface area (Å²) >= 11 is 0. The van der Waals surface area contributed by atoms with Gasteiger partial charge in [-0.15, -0.1) is 0 Å². The molecule has 1 aromatic carbocycles. The SMILES string of the molecule is CCOc1cccc(N2CCC(CC)NCC(C)C2)c1. The van der Waals surface area contributed by atoms with E-state index in [9.17, 15) is 0 Å². The van der Waals surface area contributed by atoms with Crippen LogP contribution in [-0.2, 0) is 0 Å². The quantitative estimate of drug-likeness (QED) is 0.913. The fourth-order valence-corrected chi connectivity index (χ4v) is 2.83. The monoisotopic (exact) mass is 276 g/mol. The third-order valence-electron chi connectivity index (χ3n) is 4.02. The molecule has 1 N–H and O–H groups in total. The Morgan fingerprint density at radius 3 is 2.95 bits per heavy atom. The Morgan fingerprint density at radius 1 is 1.35 bits per heavy atom. The zero-order valence-electron chi connectivity index (χ0n) is 13.1. The molecule has 1 aliphatic rings. The fourth-order valence-electron chi connectivity index (χ4n) is 2.83. The van der Waals surface area contributed by atoms with Crippen molar-refractivity contribution in [1.82, 2.24) is 5.32 Å². The number of nitrogens with zero attached hydrogens (tertiary/aromatic N) is 1. The van der Waals surface area contributed by atoms with E-state index in [0.717, 1.165) is 32.0 Å². The van der Waals surface area contributed by atoms with Crippen LogP contribution in [-0.4, -0.2) is 32.3 Å². The van der Waals surface area contributed by atoms with Crippen molar-refractivity contribution >= 4 is 5.69 Å². The lowest BCUT2D eigenvalue weighted by Crippen LogP contribution is -2.43. The van der Waals surface area contributed by atoms with Crippen LogP contribution in [0.1, 0.15) is 33.6 Å². The lowest BCUT2D eigenvalue weighted by molar-refractivity contribution is 0.340. The maximum absolute atomic E-state index is 5.62. The van der Waals surface area contributed by atoms with Gasteiger partial charge in [0.1, 0.15) is 5.75 Å². The van der Waals surface area contributed by atoms with Crippen LogP contribution < -0.4 is 15.0 Å². The van der Waals surface area contributed by atoms with E-state index >= 15 is 0 Å². The van der Waals surface area contributed by atoms with E-state index in [2.05, 4.69) is 42.3 Å². The summed E-state index contributed by atoms with van der Waals surface area (Å²) in [6, 6.07) is 9.16. The maximum Gasteiger partial charge on any atom is 0.121 e. The number of benzene rings is 1. The van der Waals surface area contributed by atoms with Crippen molar-refractivity contribution in [3.8, 4) is 5.75 Å². The molecule has 1 fully saturated rings. The molecule has 3 nitrogen and oxygen atoms in total. The molecule has 0 spiro atoms. The van der Waals surface area contributed by atoms with E-state index in [0.29, 0.717) is 12.0 Å². The minimum absolute atomic E-state index is 0.648. The molecule has 20 heavy (non-hydrogen) atoms. The van der Waals surface area contributed by atoms with Crippen LogP contribution in [0.15, 0.2) is 24.3 Å². The predicted octanol–water partition coefficient (Wildman–Crippen LogP) is 3.30. The van der Waals surface area contributed by atoms with Crippen LogP contribution in [0.25, 0.3) is 0 Å². The molecule has 0 aromatic heterocycles. The van der Waals surface area contributed by atoms with Crippen molar-refractivity contribution in [2.45, 2.75) is 39.7 Å². The Kier molecular flexibility index (Phi) is 5.72. The Bertz CT molecular complexity index is 408. The van der Waals surface area contributed by atoms with Gasteiger partial charge in [-0.25, -0.2) is 0 Å². The Labute approximate surface area is 123 Å². The second-order valence-corrected chi connectivity index (χ2v) is 5.78. The van der Waals surface area contributed by atoms with E-state index in [1.54, 1.807) is 0 Å². The van der Waals surface area contributed by atoms with Gasteiger partial charge in [0, 0.05) is 30.9 Å². The van der Waals surface area contributed by atoms with Crippen LogP contribution in [0.3, 0.4) is 0 Å². The summed E-state index contributed by atoms with van der Waals surface area (Å²) in [7, 11) is 0. The van der Waals surface area contributed by atoms with Crippen LogP contribution in [0.4, 0.5) is 5.69 Å². The van der Waals surface area contributed by atoms with Gasteiger partial charge in [-0.05, 0) is 44.4 Å². The molecule has 0 radical (unpaired) electrons. The molecule has 1 saturated heterocycles. The van der Waals surface area contributed by atoms with E-state index < -0.39 is 0 Å². The van der Waals surface area contributed by atoms with Gasteiger partial charge in [-0.3, -0.25) is 0 Å². The minimum Gasteiger partial charge on any atom is -0.494 e. The molecule has 2 atom stereocenters. The fraction of sp³-hybridized carbons (Fsp3) is 0.647. The summed E-state index contributed by atoms with van der Waals surface area (Å²) in [5.74, 6) is 1.64. The molecule has 3 heteroatoms. The molecular formula is C17H28N2O. The van der Waals surface area contributed by atoms with Gasteiger partial charge in [0.2, 0.25) is 0 Å². The highest BCUT2D eigenvalue weighted by Crippen LogP contribution is 2.23. The van der Waals surface area contributed by atoms with Gasteiger partial charge < -0.3 is 15.0 Å². The normalized spacial score (nSPS) is 24.1. The first kappa shape index (κ1) is 15.2. The van der Waals surface area contributed by atoms with Crippen LogP contribution in [0.5, 0.6) is 5.75 Å². The Hall–Kier alpha value is -1.22. The molecule has 112 valence electrons. The minimum atomic E-state index is 0.648. The van der Waals surface area contributed by atoms with Gasteiger partial charge in [0.05, 0.1) is 6.61 Å². The molecule has 1 heterocycles. The first-order valence-corrected chi connectivity index (χ1v) is 7.94. The summed E-state index contributed by atoms with van der Waals surface area (Å²) in [5, 5.41) is 3.67. The van der Waals surface area contributed by atoms with E-state index in [4.69, 9.17) is 4.74 Å². The summed E-state index contributed by atoms with van der Waals surface area (Å²) in [4.78, 5) is 2.51. The third kappa shape index (κ3) is 4.14. The summed E-state index contributed by atoms with van der Waals surface area (Å²) < 4.78 is 5.62. The summed E-state index contributed by atoms with van der Waals surface area (Å²) in [6.45, 7) is 10.7. The second kappa shape index (κ2) is 7.53. The molecule has 1 aromatic rings. The van der Waals surface area contributed by atoms with E-state index in [-0.39, 0.29) is 0 Å². The lowest BCUT2D eigenvalue weighted by Gasteiger charge is -2.33. The maximum atomic E-state index is 5.62. The number of hydrogen-bond donors (Lipinski definition) is 1. The Balaban J connectivity index is 2.10. The van der Waals surface area contributed by atoms with Crippen LogP contribution in [0, 0.1) is 5.92 Å². The number of rotatable bonds is 4. The highest BCUT2D eigenvalue weighted by Gasteiger charge is 2.18. The highest BCUT2D eigenvalue weighted by atomic mass is 16.5. The molecule has 2 rings (SSSR count). The molecule has 0 saturated carbocycles. The van der Waals surface area contributed by atoms with Crippen molar-refractivity contribution in [3.63, 3.8) is 0 Å².